The van der Waals surface area contributed by atoms with Gasteiger partial charge < -0.3 is 20.1 Å². The molecular weight excluding hydrogens is 330 g/mol. The highest BCUT2D eigenvalue weighted by molar-refractivity contribution is 5.72. The lowest BCUT2D eigenvalue weighted by molar-refractivity contribution is 0.184. The second-order valence-corrected chi connectivity index (χ2v) is 6.53. The number of hydrogen-bond acceptors (Lipinski definition) is 4. The van der Waals surface area contributed by atoms with Crippen LogP contribution in [0.25, 0.3) is 0 Å². The minimum atomic E-state index is -0.335. The second-order valence-electron chi connectivity index (χ2n) is 6.53. The summed E-state index contributed by atoms with van der Waals surface area (Å²) in [5.41, 5.74) is 8.82. The van der Waals surface area contributed by atoms with E-state index in [1.54, 1.807) is 18.2 Å². The number of methoxy groups -OCH3 is 1. The highest BCUT2D eigenvalue weighted by atomic mass is 16.5. The summed E-state index contributed by atoms with van der Waals surface area (Å²) in [5.74, 6) is 0.614. The normalized spacial score (nSPS) is 19.9. The van der Waals surface area contributed by atoms with E-state index in [-0.39, 0.29) is 12.1 Å². The Bertz CT molecular complexity index is 712. The van der Waals surface area contributed by atoms with Gasteiger partial charge in [-0.05, 0) is 36.1 Å². The summed E-state index contributed by atoms with van der Waals surface area (Å²) in [6.45, 7) is 1.93. The number of primary amides is 1. The van der Waals surface area contributed by atoms with E-state index in [1.165, 1.54) is 5.57 Å². The Labute approximate surface area is 154 Å². The number of nitrogens with zero attached hydrogens (tertiary/aromatic N) is 2. The van der Waals surface area contributed by atoms with Crippen molar-refractivity contribution >= 4 is 6.03 Å². The molecule has 3 rings (SSSR count). The maximum atomic E-state index is 11.2. The van der Waals surface area contributed by atoms with Gasteiger partial charge in [-0.15, -0.1) is 0 Å². The van der Waals surface area contributed by atoms with Crippen molar-refractivity contribution in [2.75, 3.05) is 20.2 Å². The van der Waals surface area contributed by atoms with Crippen LogP contribution in [0.5, 0.6) is 5.88 Å². The van der Waals surface area contributed by atoms with E-state index in [2.05, 4.69) is 29.3 Å². The van der Waals surface area contributed by atoms with Crippen molar-refractivity contribution in [2.24, 2.45) is 5.73 Å². The van der Waals surface area contributed by atoms with Gasteiger partial charge in [-0.25, -0.2) is 9.78 Å². The predicted molar refractivity (Wildman–Crippen MR) is 99.7 cm³/mol. The molecule has 138 valence electrons. The smallest absolute Gasteiger partial charge is 0.314 e. The summed E-state index contributed by atoms with van der Waals surface area (Å²) in [6.07, 6.45) is 12.8. The van der Waals surface area contributed by atoms with Crippen molar-refractivity contribution in [3.05, 3.63) is 59.3 Å². The molecule has 6 nitrogen and oxygen atoms in total. The fourth-order valence-electron chi connectivity index (χ4n) is 3.14. The van der Waals surface area contributed by atoms with Crippen LogP contribution in [0.15, 0.2) is 53.8 Å². The van der Waals surface area contributed by atoms with Gasteiger partial charge >= 0.3 is 6.03 Å². The molecule has 1 aromatic rings. The Kier molecular flexibility index (Phi) is 6.07. The third-order valence-electron chi connectivity index (χ3n) is 4.53. The zero-order valence-corrected chi connectivity index (χ0v) is 15.1. The first kappa shape index (κ1) is 18.2. The molecule has 1 aromatic heterocycles. The lowest BCUT2D eigenvalue weighted by Crippen LogP contribution is -2.39. The Morgan fingerprint density at radius 3 is 2.85 bits per heavy atom. The van der Waals surface area contributed by atoms with E-state index in [1.807, 2.05) is 12.1 Å². The molecule has 2 heterocycles. The van der Waals surface area contributed by atoms with Crippen LogP contribution in [0.4, 0.5) is 4.79 Å². The van der Waals surface area contributed by atoms with E-state index >= 15 is 0 Å². The van der Waals surface area contributed by atoms with Crippen molar-refractivity contribution in [1.29, 1.82) is 0 Å². The summed E-state index contributed by atoms with van der Waals surface area (Å²) in [7, 11) is 1.66. The standard InChI is InChI=1S/C20H25N3O3/c1-25-14-17-5-6-19(22-13-17)26-18-4-2-3-16(12-18)11-15-7-9-23(10-8-15)20(21)24/h2-3,5-6,11-13,18H,4,7-10,14H2,1H3,(H2,21,24). The molecule has 0 radical (unpaired) electrons. The van der Waals surface area contributed by atoms with Crippen LogP contribution >= 0.6 is 0 Å². The number of nitrogens with two attached hydrogens (primary N) is 1. The largest absolute Gasteiger partial charge is 0.470 e. The summed E-state index contributed by atoms with van der Waals surface area (Å²) in [6, 6.07) is 3.50. The van der Waals surface area contributed by atoms with Gasteiger partial charge in [0.2, 0.25) is 5.88 Å². The molecule has 0 saturated carbocycles. The molecule has 26 heavy (non-hydrogen) atoms. The Morgan fingerprint density at radius 2 is 2.19 bits per heavy atom. The van der Waals surface area contributed by atoms with E-state index in [0.29, 0.717) is 25.6 Å². The fraction of sp³-hybridized carbons (Fsp3) is 0.400. The fourth-order valence-corrected chi connectivity index (χ4v) is 3.14. The van der Waals surface area contributed by atoms with Gasteiger partial charge in [0.15, 0.2) is 0 Å². The molecule has 6 heteroatoms. The number of piperidine rings is 1. The molecule has 1 saturated heterocycles. The number of allylic oxidation sites excluding steroid dienone is 3. The topological polar surface area (TPSA) is 77.7 Å². The van der Waals surface area contributed by atoms with Gasteiger partial charge in [-0.2, -0.15) is 0 Å². The number of aromatic nitrogens is 1. The van der Waals surface area contributed by atoms with Crippen molar-refractivity contribution in [3.8, 4) is 5.88 Å². The van der Waals surface area contributed by atoms with Crippen LogP contribution in [0.1, 0.15) is 24.8 Å². The number of urea groups is 1. The predicted octanol–water partition coefficient (Wildman–Crippen LogP) is 2.96. The molecule has 2 amide bonds. The Morgan fingerprint density at radius 1 is 1.38 bits per heavy atom. The molecule has 1 aliphatic carbocycles. The maximum absolute atomic E-state index is 11.2. The molecule has 1 atom stereocenters. The van der Waals surface area contributed by atoms with Gasteiger partial charge in [0.1, 0.15) is 6.10 Å². The summed E-state index contributed by atoms with van der Waals surface area (Å²) in [5, 5.41) is 0. The summed E-state index contributed by atoms with van der Waals surface area (Å²) >= 11 is 0. The first-order valence-corrected chi connectivity index (χ1v) is 8.87. The maximum Gasteiger partial charge on any atom is 0.314 e. The number of carbonyl (C=O) groups is 1. The van der Waals surface area contributed by atoms with Gasteiger partial charge in [0, 0.05) is 38.9 Å². The van der Waals surface area contributed by atoms with Gasteiger partial charge in [-0.3, -0.25) is 0 Å². The first-order chi connectivity index (χ1) is 12.6. The summed E-state index contributed by atoms with van der Waals surface area (Å²) < 4.78 is 11.1. The molecule has 1 fully saturated rings. The number of carbonyl (C=O) groups excluding carboxylic acids is 1. The van der Waals surface area contributed by atoms with E-state index in [0.717, 1.165) is 30.4 Å². The van der Waals surface area contributed by atoms with Crippen molar-refractivity contribution in [1.82, 2.24) is 9.88 Å². The monoisotopic (exact) mass is 355 g/mol. The highest BCUT2D eigenvalue weighted by Gasteiger charge is 2.17. The highest BCUT2D eigenvalue weighted by Crippen LogP contribution is 2.22. The van der Waals surface area contributed by atoms with Gasteiger partial charge in [0.25, 0.3) is 0 Å². The van der Waals surface area contributed by atoms with E-state index in [4.69, 9.17) is 15.2 Å². The number of hydrogen-bond donors (Lipinski definition) is 1. The molecule has 2 N–H and O–H groups in total. The zero-order valence-electron chi connectivity index (χ0n) is 15.1. The minimum absolute atomic E-state index is 0.0293. The molecule has 0 aromatic carbocycles. The van der Waals surface area contributed by atoms with E-state index in [9.17, 15) is 4.79 Å². The van der Waals surface area contributed by atoms with E-state index < -0.39 is 0 Å². The van der Waals surface area contributed by atoms with Crippen molar-refractivity contribution < 1.29 is 14.3 Å². The number of ether oxygens (including phenoxy) is 2. The molecular formula is C20H25N3O3. The Hall–Kier alpha value is -2.60. The molecule has 1 aliphatic heterocycles. The SMILES string of the molecule is COCc1ccc(OC2C=C(C=C3CCN(C(N)=O)CC3)C=CC2)nc1. The zero-order chi connectivity index (χ0) is 18.4. The van der Waals surface area contributed by atoms with Crippen LogP contribution in [-0.4, -0.2) is 42.2 Å². The average Bonchev–Trinajstić information content (AvgIpc) is 2.64. The van der Waals surface area contributed by atoms with Crippen LogP contribution in [-0.2, 0) is 11.3 Å². The van der Waals surface area contributed by atoms with Crippen molar-refractivity contribution in [3.63, 3.8) is 0 Å². The molecule has 0 spiro atoms. The lowest BCUT2D eigenvalue weighted by Gasteiger charge is -2.27. The first-order valence-electron chi connectivity index (χ1n) is 8.87. The Balaban J connectivity index is 1.59. The third kappa shape index (κ3) is 4.95. The third-order valence-corrected chi connectivity index (χ3v) is 4.53. The number of pyridine rings is 1. The molecule has 0 bridgehead atoms. The van der Waals surface area contributed by atoms with Crippen molar-refractivity contribution in [2.45, 2.75) is 32.0 Å². The van der Waals surface area contributed by atoms with Crippen LogP contribution in [0.3, 0.4) is 0 Å². The summed E-state index contributed by atoms with van der Waals surface area (Å²) in [4.78, 5) is 17.2. The number of likely N-dealkylation sites (tertiary alicyclic amines) is 1. The second kappa shape index (κ2) is 8.67. The van der Waals surface area contributed by atoms with Gasteiger partial charge in [0.05, 0.1) is 6.61 Å². The lowest BCUT2D eigenvalue weighted by atomic mass is 9.97. The van der Waals surface area contributed by atoms with Crippen LogP contribution in [0.2, 0.25) is 0 Å². The van der Waals surface area contributed by atoms with Crippen LogP contribution < -0.4 is 10.5 Å². The average molecular weight is 355 g/mol. The molecule has 1 unspecified atom stereocenters. The number of amides is 2. The number of rotatable bonds is 5. The quantitative estimate of drug-likeness (QED) is 0.881. The minimum Gasteiger partial charge on any atom is -0.470 e. The van der Waals surface area contributed by atoms with Crippen LogP contribution in [0, 0.1) is 0 Å². The van der Waals surface area contributed by atoms with Gasteiger partial charge in [-0.1, -0.05) is 23.8 Å². The molecule has 2 aliphatic rings.